The first kappa shape index (κ1) is 27.2. The number of amides is 1. The van der Waals surface area contributed by atoms with Crippen LogP contribution in [-0.4, -0.2) is 47.6 Å². The van der Waals surface area contributed by atoms with Gasteiger partial charge in [0.2, 0.25) is 0 Å². The van der Waals surface area contributed by atoms with Gasteiger partial charge in [-0.1, -0.05) is 13.0 Å². The summed E-state index contributed by atoms with van der Waals surface area (Å²) in [5.74, 6) is 0.627. The number of nitrogens with one attached hydrogen (secondary N) is 2. The second-order valence-electron chi connectivity index (χ2n) is 12.2. The second kappa shape index (κ2) is 11.5. The van der Waals surface area contributed by atoms with Crippen molar-refractivity contribution in [2.75, 3.05) is 26.2 Å². The first-order valence-electron chi connectivity index (χ1n) is 15.1. The molecule has 1 saturated heterocycles. The Labute approximate surface area is 235 Å². The van der Waals surface area contributed by atoms with Gasteiger partial charge in [0, 0.05) is 36.3 Å². The number of carbonyl (C=O) groups is 1. The van der Waals surface area contributed by atoms with Gasteiger partial charge in [0.15, 0.2) is 0 Å². The van der Waals surface area contributed by atoms with Gasteiger partial charge in [-0.15, -0.1) is 0 Å². The number of aromatic nitrogens is 1. The molecular formula is C33H41FN4O2. The molecule has 2 saturated carbocycles. The van der Waals surface area contributed by atoms with E-state index in [-0.39, 0.29) is 17.5 Å². The Morgan fingerprint density at radius 1 is 1.00 bits per heavy atom. The zero-order chi connectivity index (χ0) is 27.8. The maximum Gasteiger partial charge on any atom is 0.258 e. The molecule has 3 aliphatic rings. The molecule has 0 radical (unpaired) electrons. The van der Waals surface area contributed by atoms with Crippen LogP contribution in [0.3, 0.4) is 0 Å². The smallest absolute Gasteiger partial charge is 0.258 e. The van der Waals surface area contributed by atoms with Crippen molar-refractivity contribution >= 4 is 16.7 Å². The van der Waals surface area contributed by atoms with Gasteiger partial charge in [0.1, 0.15) is 5.82 Å². The fourth-order valence-corrected chi connectivity index (χ4v) is 6.01. The molecule has 2 aromatic carbocycles. The molecule has 6 rings (SSSR count). The van der Waals surface area contributed by atoms with Crippen LogP contribution in [-0.2, 0) is 13.1 Å². The monoisotopic (exact) mass is 544 g/mol. The molecular weight excluding hydrogens is 503 g/mol. The van der Waals surface area contributed by atoms with E-state index in [1.54, 1.807) is 13.0 Å². The van der Waals surface area contributed by atoms with Gasteiger partial charge >= 0.3 is 0 Å². The molecule has 40 heavy (non-hydrogen) atoms. The molecule has 1 amide bonds. The number of nitrogens with zero attached hydrogens (tertiary/aromatic N) is 2. The zero-order valence-corrected chi connectivity index (χ0v) is 23.8. The van der Waals surface area contributed by atoms with E-state index >= 15 is 4.39 Å². The number of likely N-dealkylation sites (tertiary alicyclic amines) is 1. The van der Waals surface area contributed by atoms with Gasteiger partial charge in [-0.2, -0.15) is 0 Å². The summed E-state index contributed by atoms with van der Waals surface area (Å²) in [5, 5.41) is 8.25. The Kier molecular flexibility index (Phi) is 7.78. The minimum atomic E-state index is -0.394. The van der Waals surface area contributed by atoms with Gasteiger partial charge in [-0.05, 0) is 135 Å². The van der Waals surface area contributed by atoms with E-state index in [1.165, 1.54) is 31.7 Å². The fraction of sp³-hybridized carbons (Fsp3) is 0.515. The third-order valence-corrected chi connectivity index (χ3v) is 9.05. The molecule has 2 N–H and O–H groups in total. The lowest BCUT2D eigenvalue weighted by Gasteiger charge is -2.31. The van der Waals surface area contributed by atoms with Crippen LogP contribution in [0.2, 0.25) is 0 Å². The minimum absolute atomic E-state index is 0.0320. The van der Waals surface area contributed by atoms with Crippen LogP contribution >= 0.6 is 0 Å². The molecule has 0 atom stereocenters. The molecule has 0 unspecified atom stereocenters. The Bertz CT molecular complexity index is 1470. The lowest BCUT2D eigenvalue weighted by Crippen LogP contribution is -2.37. The van der Waals surface area contributed by atoms with Crippen LogP contribution < -0.4 is 16.2 Å². The van der Waals surface area contributed by atoms with Crippen LogP contribution in [0.4, 0.5) is 4.39 Å². The van der Waals surface area contributed by atoms with Gasteiger partial charge in [0.25, 0.3) is 11.5 Å². The number of hydrogen-bond acceptors (Lipinski definition) is 4. The van der Waals surface area contributed by atoms with E-state index in [4.69, 9.17) is 0 Å². The molecule has 0 spiro atoms. The maximum atomic E-state index is 15.0. The molecule has 6 nitrogen and oxygen atoms in total. The highest BCUT2D eigenvalue weighted by molar-refractivity contribution is 5.97. The average molecular weight is 545 g/mol. The van der Waals surface area contributed by atoms with Crippen molar-refractivity contribution in [3.63, 3.8) is 0 Å². The van der Waals surface area contributed by atoms with Crippen molar-refractivity contribution in [3.8, 4) is 11.1 Å². The molecule has 7 heteroatoms. The van der Waals surface area contributed by atoms with Crippen LogP contribution in [0.1, 0.15) is 66.9 Å². The maximum absolute atomic E-state index is 15.0. The highest BCUT2D eigenvalue weighted by Gasteiger charge is 2.26. The summed E-state index contributed by atoms with van der Waals surface area (Å²) in [4.78, 5) is 28.7. The largest absolute Gasteiger partial charge is 0.349 e. The highest BCUT2D eigenvalue weighted by atomic mass is 19.1. The Morgan fingerprint density at radius 2 is 1.77 bits per heavy atom. The summed E-state index contributed by atoms with van der Waals surface area (Å²) in [6.07, 6.45) is 8.78. The highest BCUT2D eigenvalue weighted by Crippen LogP contribution is 2.33. The quantitative estimate of drug-likeness (QED) is 0.366. The third kappa shape index (κ3) is 6.01. The lowest BCUT2D eigenvalue weighted by molar-refractivity contribution is 0.0950. The average Bonchev–Trinajstić information content (AvgIpc) is 3.90. The van der Waals surface area contributed by atoms with Crippen LogP contribution in [0, 0.1) is 24.6 Å². The Balaban J connectivity index is 1.31. The molecule has 1 aromatic heterocycles. The number of rotatable bonds is 10. The fourth-order valence-electron chi connectivity index (χ4n) is 6.01. The Hall–Kier alpha value is -3.03. The van der Waals surface area contributed by atoms with Crippen LogP contribution in [0.25, 0.3) is 21.9 Å². The van der Waals surface area contributed by atoms with E-state index < -0.39 is 5.82 Å². The van der Waals surface area contributed by atoms with E-state index in [0.717, 1.165) is 62.1 Å². The van der Waals surface area contributed by atoms with Crippen molar-refractivity contribution in [2.45, 2.75) is 71.5 Å². The predicted octanol–water partition coefficient (Wildman–Crippen LogP) is 5.24. The van der Waals surface area contributed by atoms with Gasteiger partial charge in [-0.25, -0.2) is 4.39 Å². The summed E-state index contributed by atoms with van der Waals surface area (Å²) in [7, 11) is 0. The summed E-state index contributed by atoms with van der Waals surface area (Å²) >= 11 is 0. The summed E-state index contributed by atoms with van der Waals surface area (Å²) in [6.45, 7) is 9.82. The molecule has 0 bridgehead atoms. The molecule has 212 valence electrons. The normalized spacial score (nSPS) is 18.4. The van der Waals surface area contributed by atoms with E-state index in [9.17, 15) is 9.59 Å². The van der Waals surface area contributed by atoms with Gasteiger partial charge < -0.3 is 20.1 Å². The minimum Gasteiger partial charge on any atom is -0.349 e. The standard InChI is InChI=1S/C33H41FN4O2/c1-3-37-12-10-22(11-13-37)17-35-18-26-20-38(19-23-4-5-23)33(40)28-9-6-24(14-30(26)28)29-15-25(16-31(34)21(29)2)32(39)36-27-7-8-27/h6,9,14-16,20,22-23,27,35H,3-5,7-8,10-13,17-19H2,1-2H3,(H,36,39). The molecule has 3 aromatic rings. The van der Waals surface area contributed by atoms with Crippen molar-refractivity contribution < 1.29 is 9.18 Å². The van der Waals surface area contributed by atoms with E-state index in [1.807, 2.05) is 29.0 Å². The second-order valence-corrected chi connectivity index (χ2v) is 12.2. The topological polar surface area (TPSA) is 66.4 Å². The van der Waals surface area contributed by atoms with Gasteiger partial charge in [0.05, 0.1) is 0 Å². The SMILES string of the molecule is CCN1CCC(CNCc2cn(CC3CC3)c(=O)c3ccc(-c4cc(C(=O)NC5CC5)cc(F)c4C)cc23)CC1. The summed E-state index contributed by atoms with van der Waals surface area (Å²) in [6, 6.07) is 9.11. The number of benzene rings is 2. The molecule has 3 fully saturated rings. The third-order valence-electron chi connectivity index (χ3n) is 9.05. The lowest BCUT2D eigenvalue weighted by atomic mass is 9.94. The number of carbonyl (C=O) groups excluding carboxylic acids is 1. The molecule has 1 aliphatic heterocycles. The van der Waals surface area contributed by atoms with E-state index in [0.29, 0.717) is 40.5 Å². The summed E-state index contributed by atoms with van der Waals surface area (Å²) in [5.41, 5.74) is 3.46. The molecule has 2 heterocycles. The van der Waals surface area contributed by atoms with Crippen LogP contribution in [0.15, 0.2) is 41.3 Å². The van der Waals surface area contributed by atoms with Crippen LogP contribution in [0.5, 0.6) is 0 Å². The van der Waals surface area contributed by atoms with Crippen molar-refractivity contribution in [2.24, 2.45) is 11.8 Å². The number of pyridine rings is 1. The summed E-state index contributed by atoms with van der Waals surface area (Å²) < 4.78 is 16.9. The number of fused-ring (bicyclic) bond motifs is 1. The first-order chi connectivity index (χ1) is 19.4. The van der Waals surface area contributed by atoms with Gasteiger partial charge in [-0.3, -0.25) is 9.59 Å². The van der Waals surface area contributed by atoms with Crippen molar-refractivity contribution in [3.05, 3.63) is 69.4 Å². The predicted molar refractivity (Wildman–Crippen MR) is 158 cm³/mol. The number of piperidine rings is 1. The number of halogens is 1. The Morgan fingerprint density at radius 3 is 2.48 bits per heavy atom. The zero-order valence-electron chi connectivity index (χ0n) is 23.8. The van der Waals surface area contributed by atoms with Crippen molar-refractivity contribution in [1.29, 1.82) is 0 Å². The van der Waals surface area contributed by atoms with Crippen molar-refractivity contribution in [1.82, 2.24) is 20.1 Å². The van der Waals surface area contributed by atoms with E-state index in [2.05, 4.69) is 22.5 Å². The first-order valence-corrected chi connectivity index (χ1v) is 15.1. The number of hydrogen-bond donors (Lipinski definition) is 2. The molecule has 2 aliphatic carbocycles.